The molecule has 0 aliphatic carbocycles. The Kier molecular flexibility index (Phi) is 2.54. The number of pyridine rings is 2. The highest BCUT2D eigenvalue weighted by atomic mass is 14.9. The predicted octanol–water partition coefficient (Wildman–Crippen LogP) is 2.57. The fraction of sp³-hybridized carbons (Fsp3) is 0.0667. The highest BCUT2D eigenvalue weighted by Gasteiger charge is 2.06. The lowest BCUT2D eigenvalue weighted by Crippen LogP contribution is -2.32. The van der Waals surface area contributed by atoms with Crippen LogP contribution in [0.1, 0.15) is 5.56 Å². The van der Waals surface area contributed by atoms with Crippen LogP contribution in [0.2, 0.25) is 0 Å². The van der Waals surface area contributed by atoms with Gasteiger partial charge in [-0.25, -0.2) is 4.57 Å². The van der Waals surface area contributed by atoms with Gasteiger partial charge < -0.3 is 0 Å². The van der Waals surface area contributed by atoms with Crippen molar-refractivity contribution in [2.75, 3.05) is 0 Å². The first-order chi connectivity index (χ1) is 8.43. The summed E-state index contributed by atoms with van der Waals surface area (Å²) in [5, 5.41) is 1.20. The Labute approximate surface area is 100 Å². The molecule has 0 saturated heterocycles. The molecule has 0 radical (unpaired) electrons. The van der Waals surface area contributed by atoms with Gasteiger partial charge in [0, 0.05) is 29.3 Å². The topological polar surface area (TPSA) is 16.8 Å². The van der Waals surface area contributed by atoms with E-state index in [4.69, 9.17) is 0 Å². The molecular formula is C15H13N2+. The molecule has 0 aliphatic rings. The van der Waals surface area contributed by atoms with E-state index in [2.05, 4.69) is 46.2 Å². The highest BCUT2D eigenvalue weighted by molar-refractivity contribution is 5.81. The zero-order valence-electron chi connectivity index (χ0n) is 9.45. The second-order valence-corrected chi connectivity index (χ2v) is 4.04. The van der Waals surface area contributed by atoms with E-state index in [9.17, 15) is 0 Å². The number of fused-ring (bicyclic) bond motifs is 1. The average molecular weight is 221 g/mol. The summed E-state index contributed by atoms with van der Waals surface area (Å²) in [6.07, 6.45) is 5.99. The molecule has 0 amide bonds. The van der Waals surface area contributed by atoms with Crippen LogP contribution in [0, 0.1) is 0 Å². The highest BCUT2D eigenvalue weighted by Crippen LogP contribution is 2.15. The first-order valence-electron chi connectivity index (χ1n) is 5.70. The van der Waals surface area contributed by atoms with Gasteiger partial charge in [0.25, 0.3) is 0 Å². The zero-order valence-corrected chi connectivity index (χ0v) is 9.45. The Bertz CT molecular complexity index is 627. The quantitative estimate of drug-likeness (QED) is 0.608. The normalized spacial score (nSPS) is 10.6. The van der Waals surface area contributed by atoms with Crippen molar-refractivity contribution >= 4 is 10.9 Å². The van der Waals surface area contributed by atoms with Crippen LogP contribution in [0.4, 0.5) is 0 Å². The van der Waals surface area contributed by atoms with E-state index in [-0.39, 0.29) is 0 Å². The first kappa shape index (κ1) is 9.97. The van der Waals surface area contributed by atoms with Crippen LogP contribution in [0.3, 0.4) is 0 Å². The number of hydrogen-bond acceptors (Lipinski definition) is 1. The smallest absolute Gasteiger partial charge is 0.175 e. The molecule has 0 aliphatic heterocycles. The zero-order chi connectivity index (χ0) is 11.5. The van der Waals surface area contributed by atoms with Crippen LogP contribution in [-0.4, -0.2) is 4.98 Å². The lowest BCUT2D eigenvalue weighted by Gasteiger charge is -2.02. The van der Waals surface area contributed by atoms with Crippen LogP contribution in [0.5, 0.6) is 0 Å². The average Bonchev–Trinajstić information content (AvgIpc) is 2.40. The molecule has 0 N–H and O–H groups in total. The largest absolute Gasteiger partial charge is 0.256 e. The third-order valence-corrected chi connectivity index (χ3v) is 2.85. The SMILES string of the molecule is c1cc[n+](Cc2cccc3cccnc23)cc1. The van der Waals surface area contributed by atoms with Gasteiger partial charge in [-0.1, -0.05) is 30.3 Å². The van der Waals surface area contributed by atoms with Crippen molar-refractivity contribution in [3.63, 3.8) is 0 Å². The van der Waals surface area contributed by atoms with E-state index in [1.54, 1.807) is 0 Å². The van der Waals surface area contributed by atoms with Gasteiger partial charge in [0.1, 0.15) is 0 Å². The van der Waals surface area contributed by atoms with Crippen molar-refractivity contribution in [2.24, 2.45) is 0 Å². The monoisotopic (exact) mass is 221 g/mol. The Hall–Kier alpha value is -2.22. The van der Waals surface area contributed by atoms with Crippen molar-refractivity contribution in [3.05, 3.63) is 72.7 Å². The van der Waals surface area contributed by atoms with Gasteiger partial charge in [0.15, 0.2) is 18.9 Å². The molecule has 17 heavy (non-hydrogen) atoms. The number of para-hydroxylation sites is 1. The van der Waals surface area contributed by atoms with Gasteiger partial charge in [-0.05, 0) is 6.07 Å². The van der Waals surface area contributed by atoms with Crippen molar-refractivity contribution < 1.29 is 4.57 Å². The number of hydrogen-bond donors (Lipinski definition) is 0. The first-order valence-corrected chi connectivity index (χ1v) is 5.70. The van der Waals surface area contributed by atoms with Crippen molar-refractivity contribution in [1.29, 1.82) is 0 Å². The van der Waals surface area contributed by atoms with E-state index >= 15 is 0 Å². The molecular weight excluding hydrogens is 208 g/mol. The molecule has 3 aromatic rings. The molecule has 3 rings (SSSR count). The van der Waals surface area contributed by atoms with Crippen LogP contribution in [-0.2, 0) is 6.54 Å². The summed E-state index contributed by atoms with van der Waals surface area (Å²) in [4.78, 5) is 4.46. The molecule has 2 nitrogen and oxygen atoms in total. The minimum atomic E-state index is 0.856. The maximum atomic E-state index is 4.46. The fourth-order valence-corrected chi connectivity index (χ4v) is 2.03. The van der Waals surface area contributed by atoms with Gasteiger partial charge in [-0.3, -0.25) is 4.98 Å². The molecule has 1 aromatic carbocycles. The molecule has 0 bridgehead atoms. The summed E-state index contributed by atoms with van der Waals surface area (Å²) in [7, 11) is 0. The molecule has 0 saturated carbocycles. The summed E-state index contributed by atoms with van der Waals surface area (Å²) in [6.45, 7) is 0.856. The van der Waals surface area contributed by atoms with Gasteiger partial charge in [0.05, 0.1) is 5.52 Å². The molecule has 2 aromatic heterocycles. The lowest BCUT2D eigenvalue weighted by atomic mass is 10.1. The summed E-state index contributed by atoms with van der Waals surface area (Å²) < 4.78 is 2.16. The minimum Gasteiger partial charge on any atom is -0.256 e. The van der Waals surface area contributed by atoms with Gasteiger partial charge in [-0.15, -0.1) is 0 Å². The Morgan fingerprint density at radius 2 is 1.71 bits per heavy atom. The van der Waals surface area contributed by atoms with E-state index in [1.165, 1.54) is 10.9 Å². The fourth-order valence-electron chi connectivity index (χ4n) is 2.03. The molecule has 82 valence electrons. The standard InChI is InChI=1S/C15H13N2/c1-2-10-17(11-3-1)12-14-7-4-6-13-8-5-9-16-15(13)14/h1-11H,12H2/q+1. The second-order valence-electron chi connectivity index (χ2n) is 4.04. The summed E-state index contributed by atoms with van der Waals surface area (Å²) in [6, 6.07) is 16.5. The van der Waals surface area contributed by atoms with Crippen molar-refractivity contribution in [1.82, 2.24) is 4.98 Å². The maximum absolute atomic E-state index is 4.46. The summed E-state index contributed by atoms with van der Waals surface area (Å²) >= 11 is 0. The summed E-state index contributed by atoms with van der Waals surface area (Å²) in [5.41, 5.74) is 2.34. The third-order valence-electron chi connectivity index (χ3n) is 2.85. The van der Waals surface area contributed by atoms with Crippen molar-refractivity contribution in [2.45, 2.75) is 6.54 Å². The molecule has 0 unspecified atom stereocenters. The molecule has 2 heterocycles. The number of rotatable bonds is 2. The number of nitrogens with zero attached hydrogens (tertiary/aromatic N) is 2. The van der Waals surface area contributed by atoms with E-state index < -0.39 is 0 Å². The van der Waals surface area contributed by atoms with E-state index in [0.29, 0.717) is 0 Å². The van der Waals surface area contributed by atoms with Gasteiger partial charge >= 0.3 is 0 Å². The molecule has 0 atom stereocenters. The maximum Gasteiger partial charge on any atom is 0.175 e. The Balaban J connectivity index is 2.06. The van der Waals surface area contributed by atoms with E-state index in [0.717, 1.165) is 12.1 Å². The minimum absolute atomic E-state index is 0.856. The van der Waals surface area contributed by atoms with Crippen molar-refractivity contribution in [3.8, 4) is 0 Å². The Morgan fingerprint density at radius 3 is 2.59 bits per heavy atom. The van der Waals surface area contributed by atoms with Crippen LogP contribution in [0.25, 0.3) is 10.9 Å². The third kappa shape index (κ3) is 2.02. The second kappa shape index (κ2) is 4.34. The molecule has 0 fully saturated rings. The van der Waals surface area contributed by atoms with Crippen LogP contribution >= 0.6 is 0 Å². The predicted molar refractivity (Wildman–Crippen MR) is 67.5 cm³/mol. The Morgan fingerprint density at radius 1 is 0.882 bits per heavy atom. The van der Waals surface area contributed by atoms with Gasteiger partial charge in [-0.2, -0.15) is 0 Å². The molecule has 0 spiro atoms. The van der Waals surface area contributed by atoms with E-state index in [1.807, 2.05) is 30.5 Å². The lowest BCUT2D eigenvalue weighted by molar-refractivity contribution is -0.688. The van der Waals surface area contributed by atoms with Crippen LogP contribution < -0.4 is 4.57 Å². The number of benzene rings is 1. The number of aromatic nitrogens is 2. The van der Waals surface area contributed by atoms with Crippen LogP contribution in [0.15, 0.2) is 67.1 Å². The summed E-state index contributed by atoms with van der Waals surface area (Å²) in [5.74, 6) is 0. The van der Waals surface area contributed by atoms with Gasteiger partial charge in [0.2, 0.25) is 0 Å². The molecule has 2 heteroatoms.